The number of nitrogens with one attached hydrogen (secondary N) is 3. The molecule has 6 nitrogen and oxygen atoms in total. The highest BCUT2D eigenvalue weighted by Crippen LogP contribution is 2.34. The molecule has 0 radical (unpaired) electrons. The van der Waals surface area contributed by atoms with Crippen LogP contribution >= 0.6 is 11.6 Å². The van der Waals surface area contributed by atoms with Crippen molar-refractivity contribution in [3.63, 3.8) is 0 Å². The molecule has 184 valence electrons. The van der Waals surface area contributed by atoms with Crippen molar-refractivity contribution in [2.24, 2.45) is 10.4 Å². The predicted molar refractivity (Wildman–Crippen MR) is 142 cm³/mol. The van der Waals surface area contributed by atoms with E-state index in [1.54, 1.807) is 0 Å². The number of hydrogen-bond acceptors (Lipinski definition) is 4. The quantitative estimate of drug-likeness (QED) is 0.521. The Morgan fingerprint density at radius 2 is 1.83 bits per heavy atom. The minimum absolute atomic E-state index is 0.00547. The zero-order chi connectivity index (χ0) is 25.2. The molecule has 0 bridgehead atoms. The predicted octanol–water partition coefficient (Wildman–Crippen LogP) is 4.86. The molecule has 2 aromatic rings. The SMILES string of the molecule is CC(CNC1c2ccccc2NC(=O)c2ccccc21)N=C1C=CC(NC(=O)C(C)(C)C)CC1Cl. The fourth-order valence-electron chi connectivity index (χ4n) is 4.34. The second-order valence-corrected chi connectivity index (χ2v) is 10.8. The summed E-state index contributed by atoms with van der Waals surface area (Å²) in [5, 5.41) is 9.44. The molecule has 3 N–H and O–H groups in total. The summed E-state index contributed by atoms with van der Waals surface area (Å²) in [7, 11) is 0. The number of allylic oxidation sites excluding steroid dienone is 1. The Hall–Kier alpha value is -2.96. The van der Waals surface area contributed by atoms with Gasteiger partial charge in [-0.3, -0.25) is 14.6 Å². The second kappa shape index (κ2) is 10.3. The van der Waals surface area contributed by atoms with Crippen LogP contribution in [0.2, 0.25) is 0 Å². The topological polar surface area (TPSA) is 82.6 Å². The number of anilines is 1. The highest BCUT2D eigenvalue weighted by atomic mass is 35.5. The van der Waals surface area contributed by atoms with Crippen LogP contribution in [0.4, 0.5) is 5.69 Å². The third kappa shape index (κ3) is 5.82. The van der Waals surface area contributed by atoms with E-state index in [4.69, 9.17) is 16.6 Å². The summed E-state index contributed by atoms with van der Waals surface area (Å²) in [6.07, 6.45) is 4.50. The Morgan fingerprint density at radius 1 is 1.14 bits per heavy atom. The number of rotatable bonds is 5. The van der Waals surface area contributed by atoms with E-state index in [0.29, 0.717) is 18.5 Å². The molecular formula is C28H33ClN4O2. The summed E-state index contributed by atoms with van der Waals surface area (Å²) < 4.78 is 0. The highest BCUT2D eigenvalue weighted by Gasteiger charge is 2.29. The lowest BCUT2D eigenvalue weighted by Gasteiger charge is -2.27. The van der Waals surface area contributed by atoms with Crippen LogP contribution in [-0.4, -0.2) is 41.5 Å². The van der Waals surface area contributed by atoms with Gasteiger partial charge in [-0.05, 0) is 42.7 Å². The van der Waals surface area contributed by atoms with Crippen LogP contribution < -0.4 is 16.0 Å². The number of nitrogens with zero attached hydrogens (tertiary/aromatic N) is 1. The normalized spacial score (nSPS) is 23.6. The van der Waals surface area contributed by atoms with Gasteiger partial charge < -0.3 is 16.0 Å². The zero-order valence-corrected chi connectivity index (χ0v) is 21.4. The molecule has 1 aliphatic carbocycles. The molecule has 2 aromatic carbocycles. The van der Waals surface area contributed by atoms with E-state index in [0.717, 1.165) is 22.5 Å². The molecule has 0 fully saturated rings. The third-order valence-electron chi connectivity index (χ3n) is 6.30. The van der Waals surface area contributed by atoms with Crippen molar-refractivity contribution in [3.05, 3.63) is 77.4 Å². The van der Waals surface area contributed by atoms with Gasteiger partial charge in [0.05, 0.1) is 23.2 Å². The minimum atomic E-state index is -0.445. The molecule has 0 spiro atoms. The van der Waals surface area contributed by atoms with Gasteiger partial charge in [-0.1, -0.05) is 63.2 Å². The van der Waals surface area contributed by atoms with Crippen LogP contribution in [0, 0.1) is 5.41 Å². The van der Waals surface area contributed by atoms with Gasteiger partial charge in [0.15, 0.2) is 0 Å². The summed E-state index contributed by atoms with van der Waals surface area (Å²) in [6, 6.07) is 15.3. The van der Waals surface area contributed by atoms with Crippen LogP contribution in [0.3, 0.4) is 0 Å². The second-order valence-electron chi connectivity index (χ2n) is 10.3. The van der Waals surface area contributed by atoms with Crippen LogP contribution in [0.1, 0.15) is 61.6 Å². The van der Waals surface area contributed by atoms with Crippen molar-refractivity contribution in [3.8, 4) is 0 Å². The van der Waals surface area contributed by atoms with E-state index in [-0.39, 0.29) is 35.3 Å². The maximum absolute atomic E-state index is 12.8. The number of para-hydroxylation sites is 1. The fourth-order valence-corrected chi connectivity index (χ4v) is 4.66. The highest BCUT2D eigenvalue weighted by molar-refractivity contribution is 6.34. The summed E-state index contributed by atoms with van der Waals surface area (Å²) in [5.74, 6) is -0.0954. The molecular weight excluding hydrogens is 460 g/mol. The number of alkyl halides is 1. The molecule has 0 saturated carbocycles. The van der Waals surface area contributed by atoms with Crippen LogP contribution in [-0.2, 0) is 4.79 Å². The standard InChI is InChI=1S/C28H33ClN4O2/c1-17(31-24-14-13-18(15-22(24)29)32-27(35)28(2,3)4)16-30-25-19-9-5-6-10-20(19)26(34)33-23-12-8-7-11-21(23)25/h5-14,17-18,22,25,30H,15-16H2,1-4H3,(H,32,35)(H,33,34). The minimum Gasteiger partial charge on any atom is -0.349 e. The summed E-state index contributed by atoms with van der Waals surface area (Å²) >= 11 is 6.64. The van der Waals surface area contributed by atoms with E-state index in [2.05, 4.69) is 16.0 Å². The van der Waals surface area contributed by atoms with E-state index >= 15 is 0 Å². The van der Waals surface area contributed by atoms with Gasteiger partial charge in [0, 0.05) is 29.3 Å². The number of halogens is 1. The number of amides is 2. The van der Waals surface area contributed by atoms with Crippen LogP contribution in [0.15, 0.2) is 65.7 Å². The van der Waals surface area contributed by atoms with Gasteiger partial charge in [-0.15, -0.1) is 11.6 Å². The van der Waals surface area contributed by atoms with E-state index in [9.17, 15) is 9.59 Å². The van der Waals surface area contributed by atoms with Gasteiger partial charge in [-0.25, -0.2) is 0 Å². The molecule has 0 aromatic heterocycles. The van der Waals surface area contributed by atoms with Gasteiger partial charge in [0.1, 0.15) is 0 Å². The first-order valence-corrected chi connectivity index (χ1v) is 12.5. The molecule has 2 aliphatic rings. The lowest BCUT2D eigenvalue weighted by atomic mass is 9.93. The van der Waals surface area contributed by atoms with Crippen molar-refractivity contribution >= 4 is 34.8 Å². The Bertz CT molecular complexity index is 1170. The average molecular weight is 493 g/mol. The maximum atomic E-state index is 12.8. The van der Waals surface area contributed by atoms with Crippen molar-refractivity contribution in [1.29, 1.82) is 0 Å². The Morgan fingerprint density at radius 3 is 2.54 bits per heavy atom. The van der Waals surface area contributed by atoms with Crippen molar-refractivity contribution < 1.29 is 9.59 Å². The Labute approximate surface area is 212 Å². The average Bonchev–Trinajstić information content (AvgIpc) is 2.93. The van der Waals surface area contributed by atoms with Crippen molar-refractivity contribution in [2.75, 3.05) is 11.9 Å². The smallest absolute Gasteiger partial charge is 0.256 e. The molecule has 4 unspecified atom stereocenters. The lowest BCUT2D eigenvalue weighted by molar-refractivity contribution is -0.128. The number of fused-ring (bicyclic) bond motifs is 2. The van der Waals surface area contributed by atoms with Gasteiger partial charge in [0.25, 0.3) is 5.91 Å². The van der Waals surface area contributed by atoms with E-state index < -0.39 is 5.41 Å². The summed E-state index contributed by atoms with van der Waals surface area (Å²) in [5.41, 5.74) is 3.82. The largest absolute Gasteiger partial charge is 0.349 e. The first-order valence-electron chi connectivity index (χ1n) is 12.1. The zero-order valence-electron chi connectivity index (χ0n) is 20.6. The number of carbonyl (C=O) groups excluding carboxylic acids is 2. The molecule has 1 heterocycles. The first-order chi connectivity index (χ1) is 16.6. The Kier molecular flexibility index (Phi) is 7.43. The van der Waals surface area contributed by atoms with Crippen LogP contribution in [0.5, 0.6) is 0 Å². The number of hydrogen-bond donors (Lipinski definition) is 3. The molecule has 1 aliphatic heterocycles. The maximum Gasteiger partial charge on any atom is 0.256 e. The lowest BCUT2D eigenvalue weighted by Crippen LogP contribution is -2.44. The van der Waals surface area contributed by atoms with E-state index in [1.165, 1.54) is 0 Å². The van der Waals surface area contributed by atoms with Crippen LogP contribution in [0.25, 0.3) is 0 Å². The van der Waals surface area contributed by atoms with E-state index in [1.807, 2.05) is 88.4 Å². The Balaban J connectivity index is 1.48. The summed E-state index contributed by atoms with van der Waals surface area (Å²) in [4.78, 5) is 29.9. The van der Waals surface area contributed by atoms with Gasteiger partial charge in [-0.2, -0.15) is 0 Å². The summed E-state index contributed by atoms with van der Waals surface area (Å²) in [6.45, 7) is 8.33. The van der Waals surface area contributed by atoms with Gasteiger partial charge >= 0.3 is 0 Å². The number of aliphatic imine (C=N–C) groups is 1. The molecule has 4 rings (SSSR count). The molecule has 4 atom stereocenters. The fraction of sp³-hybridized carbons (Fsp3) is 0.393. The van der Waals surface area contributed by atoms with Gasteiger partial charge in [0.2, 0.25) is 5.91 Å². The molecule has 2 amide bonds. The molecule has 0 saturated heterocycles. The third-order valence-corrected chi connectivity index (χ3v) is 6.70. The molecule has 7 heteroatoms. The number of benzene rings is 2. The van der Waals surface area contributed by atoms with Crippen molar-refractivity contribution in [1.82, 2.24) is 10.6 Å². The van der Waals surface area contributed by atoms with Crippen molar-refractivity contribution in [2.45, 2.75) is 57.6 Å². The molecule has 35 heavy (non-hydrogen) atoms. The first kappa shape index (κ1) is 25.1. The number of carbonyl (C=O) groups is 2. The monoisotopic (exact) mass is 492 g/mol.